The van der Waals surface area contributed by atoms with Crippen LogP contribution in [-0.4, -0.2) is 36.5 Å². The smallest absolute Gasteiger partial charge is 0.203 e. The van der Waals surface area contributed by atoms with Crippen LogP contribution in [0.4, 0.5) is 0 Å². The van der Waals surface area contributed by atoms with Gasteiger partial charge in [0, 0.05) is 28.8 Å². The van der Waals surface area contributed by atoms with Crippen molar-refractivity contribution in [2.45, 2.75) is 13.3 Å². The second kappa shape index (κ2) is 7.18. The van der Waals surface area contributed by atoms with E-state index in [1.54, 1.807) is 32.7 Å². The van der Waals surface area contributed by atoms with E-state index in [9.17, 15) is 0 Å². The number of fused-ring (bicyclic) bond motifs is 3. The van der Waals surface area contributed by atoms with Crippen LogP contribution < -0.4 is 14.2 Å². The molecule has 0 saturated heterocycles. The molecule has 1 aliphatic carbocycles. The fourth-order valence-electron chi connectivity index (χ4n) is 4.13. The van der Waals surface area contributed by atoms with E-state index in [0.717, 1.165) is 33.3 Å². The lowest BCUT2D eigenvalue weighted by atomic mass is 10.1. The molecule has 0 amide bonds. The van der Waals surface area contributed by atoms with Crippen LogP contribution in [0.25, 0.3) is 32.4 Å². The lowest BCUT2D eigenvalue weighted by molar-refractivity contribution is 0.324. The molecule has 1 aliphatic rings. The first kappa shape index (κ1) is 18.7. The molecule has 2 aromatic heterocycles. The van der Waals surface area contributed by atoms with Gasteiger partial charge in [-0.1, -0.05) is 35.6 Å². The first-order chi connectivity index (χ1) is 14.6. The summed E-state index contributed by atoms with van der Waals surface area (Å²) in [6.07, 6.45) is 0.907. The average Bonchev–Trinajstić information content (AvgIpc) is 3.46. The minimum absolute atomic E-state index is 0.561. The van der Waals surface area contributed by atoms with Crippen molar-refractivity contribution in [3.63, 3.8) is 0 Å². The summed E-state index contributed by atoms with van der Waals surface area (Å²) >= 11 is 1.56. The van der Waals surface area contributed by atoms with Crippen molar-refractivity contribution < 1.29 is 14.2 Å². The highest BCUT2D eigenvalue weighted by Crippen LogP contribution is 2.46. The lowest BCUT2D eigenvalue weighted by Gasteiger charge is -2.13. The largest absolute Gasteiger partial charge is 0.493 e. The molecule has 0 unspecified atom stereocenters. The van der Waals surface area contributed by atoms with Crippen molar-refractivity contribution in [1.29, 1.82) is 0 Å². The third kappa shape index (κ3) is 2.77. The minimum Gasteiger partial charge on any atom is -0.493 e. The van der Waals surface area contributed by atoms with E-state index in [1.807, 2.05) is 12.1 Å². The van der Waals surface area contributed by atoms with E-state index < -0.39 is 0 Å². The van der Waals surface area contributed by atoms with E-state index in [-0.39, 0.29) is 0 Å². The number of aromatic nitrogens is 3. The Bertz CT molecular complexity index is 1230. The Balaban J connectivity index is 1.58. The molecule has 0 atom stereocenters. The molecule has 30 heavy (non-hydrogen) atoms. The Kier molecular flexibility index (Phi) is 4.47. The number of aromatic amines is 1. The first-order valence-corrected chi connectivity index (χ1v) is 10.4. The molecule has 0 spiro atoms. The summed E-state index contributed by atoms with van der Waals surface area (Å²) in [4.78, 5) is 3.56. The van der Waals surface area contributed by atoms with Crippen LogP contribution >= 0.6 is 11.3 Å². The van der Waals surface area contributed by atoms with Gasteiger partial charge >= 0.3 is 0 Å². The summed E-state index contributed by atoms with van der Waals surface area (Å²) in [5.74, 6) is 1.75. The van der Waals surface area contributed by atoms with E-state index in [1.165, 1.54) is 22.4 Å². The Morgan fingerprint density at radius 1 is 0.933 bits per heavy atom. The zero-order chi connectivity index (χ0) is 20.8. The second-order valence-corrected chi connectivity index (χ2v) is 8.12. The minimum atomic E-state index is 0.561. The van der Waals surface area contributed by atoms with Gasteiger partial charge in [0.05, 0.1) is 27.0 Å². The summed E-state index contributed by atoms with van der Waals surface area (Å²) in [6.45, 7) is 2.09. The predicted octanol–water partition coefficient (Wildman–Crippen LogP) is 5.11. The van der Waals surface area contributed by atoms with Gasteiger partial charge in [-0.15, -0.1) is 10.2 Å². The van der Waals surface area contributed by atoms with Gasteiger partial charge in [-0.25, -0.2) is 0 Å². The monoisotopic (exact) mass is 419 g/mol. The van der Waals surface area contributed by atoms with Crippen LogP contribution in [0.2, 0.25) is 0 Å². The number of ether oxygens (including phenoxy) is 3. The number of hydrogen-bond acceptors (Lipinski definition) is 6. The van der Waals surface area contributed by atoms with Gasteiger partial charge in [0.2, 0.25) is 5.75 Å². The number of hydrogen-bond donors (Lipinski definition) is 1. The van der Waals surface area contributed by atoms with E-state index >= 15 is 0 Å². The Labute approximate surface area is 178 Å². The molecule has 0 bridgehead atoms. The predicted molar refractivity (Wildman–Crippen MR) is 118 cm³/mol. The summed E-state index contributed by atoms with van der Waals surface area (Å²) in [7, 11) is 4.81. The van der Waals surface area contributed by atoms with Crippen molar-refractivity contribution in [2.24, 2.45) is 0 Å². The van der Waals surface area contributed by atoms with Crippen LogP contribution in [-0.2, 0) is 6.42 Å². The SMILES string of the molecule is COc1cc(-c2nnc(-c3c(C)[nH]c4c3Cc3ccccc3-4)s2)cc(OC)c1OC. The van der Waals surface area contributed by atoms with Crippen LogP contribution in [0.5, 0.6) is 17.2 Å². The van der Waals surface area contributed by atoms with Crippen LogP contribution in [0.15, 0.2) is 36.4 Å². The number of benzene rings is 2. The number of H-pyrrole nitrogens is 1. The van der Waals surface area contributed by atoms with Gasteiger partial charge in [-0.05, 0) is 30.2 Å². The van der Waals surface area contributed by atoms with Gasteiger partial charge < -0.3 is 19.2 Å². The highest BCUT2D eigenvalue weighted by molar-refractivity contribution is 7.18. The van der Waals surface area contributed by atoms with Gasteiger partial charge in [-0.3, -0.25) is 0 Å². The molecule has 7 heteroatoms. The van der Waals surface area contributed by atoms with Gasteiger partial charge in [-0.2, -0.15) is 0 Å². The van der Waals surface area contributed by atoms with E-state index in [4.69, 9.17) is 14.2 Å². The Morgan fingerprint density at radius 3 is 2.33 bits per heavy atom. The molecule has 2 heterocycles. The van der Waals surface area contributed by atoms with Crippen molar-refractivity contribution in [1.82, 2.24) is 15.2 Å². The summed E-state index contributed by atoms with van der Waals surface area (Å²) in [6, 6.07) is 12.3. The molecule has 0 aliphatic heterocycles. The normalized spacial score (nSPS) is 11.9. The van der Waals surface area contributed by atoms with Crippen molar-refractivity contribution in [2.75, 3.05) is 21.3 Å². The fraction of sp³-hybridized carbons (Fsp3) is 0.217. The molecule has 152 valence electrons. The maximum atomic E-state index is 5.48. The van der Waals surface area contributed by atoms with Crippen molar-refractivity contribution in [3.05, 3.63) is 53.2 Å². The van der Waals surface area contributed by atoms with Crippen molar-refractivity contribution >= 4 is 11.3 Å². The van der Waals surface area contributed by atoms with E-state index in [0.29, 0.717) is 17.2 Å². The maximum absolute atomic E-state index is 5.48. The molecule has 4 aromatic rings. The summed E-state index contributed by atoms with van der Waals surface area (Å²) in [5.41, 5.74) is 8.25. The van der Waals surface area contributed by atoms with Crippen LogP contribution in [0.1, 0.15) is 16.8 Å². The van der Waals surface area contributed by atoms with Gasteiger partial charge in [0.15, 0.2) is 11.5 Å². The fourth-order valence-corrected chi connectivity index (χ4v) is 5.09. The third-order valence-electron chi connectivity index (χ3n) is 5.50. The molecule has 5 rings (SSSR count). The molecule has 2 aromatic carbocycles. The quantitative estimate of drug-likeness (QED) is 0.429. The Hall–Kier alpha value is -3.32. The first-order valence-electron chi connectivity index (χ1n) is 9.58. The number of nitrogens with zero attached hydrogens (tertiary/aromatic N) is 2. The van der Waals surface area contributed by atoms with E-state index in [2.05, 4.69) is 46.4 Å². The molecule has 0 saturated carbocycles. The number of aryl methyl sites for hydroxylation is 1. The molecule has 0 fully saturated rings. The molecule has 0 radical (unpaired) electrons. The number of nitrogens with one attached hydrogen (secondary N) is 1. The lowest BCUT2D eigenvalue weighted by Crippen LogP contribution is -1.95. The zero-order valence-electron chi connectivity index (χ0n) is 17.2. The van der Waals surface area contributed by atoms with Crippen LogP contribution in [0.3, 0.4) is 0 Å². The second-order valence-electron chi connectivity index (χ2n) is 7.14. The third-order valence-corrected chi connectivity index (χ3v) is 6.49. The molecule has 6 nitrogen and oxygen atoms in total. The van der Waals surface area contributed by atoms with Gasteiger partial charge in [0.1, 0.15) is 10.0 Å². The molecule has 1 N–H and O–H groups in total. The number of methoxy groups -OCH3 is 3. The zero-order valence-corrected chi connectivity index (χ0v) is 18.0. The van der Waals surface area contributed by atoms with Crippen molar-refractivity contribution in [3.8, 4) is 49.6 Å². The summed E-state index contributed by atoms with van der Waals surface area (Å²) in [5, 5.41) is 10.7. The maximum Gasteiger partial charge on any atom is 0.203 e. The van der Waals surface area contributed by atoms with Gasteiger partial charge in [0.25, 0.3) is 0 Å². The topological polar surface area (TPSA) is 69.3 Å². The average molecular weight is 420 g/mol. The highest BCUT2D eigenvalue weighted by Gasteiger charge is 2.27. The highest BCUT2D eigenvalue weighted by atomic mass is 32.1. The standard InChI is InChI=1S/C23H21N3O3S/c1-12-19(16-9-13-7-5-6-8-15(13)20(16)24-12)23-26-25-22(30-23)14-10-17(27-2)21(29-4)18(11-14)28-3/h5-8,10-11,24H,9H2,1-4H3. The Morgan fingerprint density at radius 2 is 1.63 bits per heavy atom. The summed E-state index contributed by atoms with van der Waals surface area (Å²) < 4.78 is 16.4. The van der Waals surface area contributed by atoms with Crippen LogP contribution in [0, 0.1) is 6.92 Å². The number of rotatable bonds is 5. The molecular formula is C23H21N3O3S. The molecular weight excluding hydrogens is 398 g/mol.